The van der Waals surface area contributed by atoms with Crippen molar-refractivity contribution < 1.29 is 0 Å². The number of hydrogen-bond donors (Lipinski definition) is 0. The van der Waals surface area contributed by atoms with Gasteiger partial charge in [-0.1, -0.05) is 58.4 Å². The van der Waals surface area contributed by atoms with Gasteiger partial charge in [-0.05, 0) is 46.7 Å². The van der Waals surface area contributed by atoms with E-state index >= 15 is 0 Å². The number of halogens is 1. The highest BCUT2D eigenvalue weighted by Gasteiger charge is 2.14. The van der Waals surface area contributed by atoms with Crippen molar-refractivity contribution in [1.29, 1.82) is 0 Å². The van der Waals surface area contributed by atoms with Gasteiger partial charge < -0.3 is 4.57 Å². The lowest BCUT2D eigenvalue weighted by molar-refractivity contribution is 1.11. The van der Waals surface area contributed by atoms with Gasteiger partial charge in [0.15, 0.2) is 0 Å². The Balaban J connectivity index is 1.93. The van der Waals surface area contributed by atoms with E-state index in [-0.39, 0.29) is 0 Å². The second-order valence-corrected chi connectivity index (χ2v) is 7.23. The van der Waals surface area contributed by atoms with Crippen molar-refractivity contribution in [3.63, 3.8) is 0 Å². The monoisotopic (exact) mass is 398 g/mol. The summed E-state index contributed by atoms with van der Waals surface area (Å²) in [4.78, 5) is 4.16. The minimum Gasteiger partial charge on any atom is -0.316 e. The summed E-state index contributed by atoms with van der Waals surface area (Å²) in [7, 11) is 0. The lowest BCUT2D eigenvalue weighted by Gasteiger charge is -2.06. The molecule has 0 saturated carbocycles. The van der Waals surface area contributed by atoms with Crippen LogP contribution in [-0.2, 0) is 0 Å². The third-order valence-electron chi connectivity index (χ3n) is 4.77. The van der Waals surface area contributed by atoms with Crippen molar-refractivity contribution in [2.24, 2.45) is 0 Å². The summed E-state index contributed by atoms with van der Waals surface area (Å²) in [6.45, 7) is 0. The molecular formula is C23H15BrN2. The maximum atomic E-state index is 4.16. The van der Waals surface area contributed by atoms with E-state index in [2.05, 4.69) is 92.3 Å². The third-order valence-corrected chi connectivity index (χ3v) is 5.26. The lowest BCUT2D eigenvalue weighted by Crippen LogP contribution is -1.91. The summed E-state index contributed by atoms with van der Waals surface area (Å²) in [5.41, 5.74) is 4.75. The highest BCUT2D eigenvalue weighted by Crippen LogP contribution is 2.38. The fourth-order valence-electron chi connectivity index (χ4n) is 3.60. The second kappa shape index (κ2) is 6.11. The molecule has 5 aromatic rings. The molecule has 2 heterocycles. The van der Waals surface area contributed by atoms with Crippen LogP contribution in [0, 0.1) is 0 Å². The highest BCUT2D eigenvalue weighted by molar-refractivity contribution is 9.10. The smallest absolute Gasteiger partial charge is 0.0541 e. The van der Waals surface area contributed by atoms with Gasteiger partial charge in [-0.15, -0.1) is 0 Å². The van der Waals surface area contributed by atoms with Crippen LogP contribution in [0.3, 0.4) is 0 Å². The molecule has 0 amide bonds. The summed E-state index contributed by atoms with van der Waals surface area (Å²) in [5, 5.41) is 3.80. The first-order valence-corrected chi connectivity index (χ1v) is 9.30. The normalized spacial score (nSPS) is 11.3. The van der Waals surface area contributed by atoms with Gasteiger partial charge >= 0.3 is 0 Å². The highest BCUT2D eigenvalue weighted by atomic mass is 79.9. The Bertz CT molecular complexity index is 1240. The molecule has 0 aliphatic rings. The minimum absolute atomic E-state index is 1.08. The number of benzene rings is 3. The largest absolute Gasteiger partial charge is 0.316 e. The van der Waals surface area contributed by atoms with Gasteiger partial charge in [-0.3, -0.25) is 4.98 Å². The topological polar surface area (TPSA) is 17.8 Å². The van der Waals surface area contributed by atoms with Gasteiger partial charge in [0.05, 0.1) is 5.52 Å². The van der Waals surface area contributed by atoms with Crippen molar-refractivity contribution >= 4 is 37.6 Å². The molecule has 0 fully saturated rings. The molecule has 5 rings (SSSR count). The molecule has 3 aromatic carbocycles. The molecule has 3 heteroatoms. The molecular weight excluding hydrogens is 384 g/mol. The van der Waals surface area contributed by atoms with Gasteiger partial charge in [0.25, 0.3) is 0 Å². The molecule has 26 heavy (non-hydrogen) atoms. The first-order valence-electron chi connectivity index (χ1n) is 8.50. The number of hydrogen-bond acceptors (Lipinski definition) is 1. The quantitative estimate of drug-likeness (QED) is 0.327. The zero-order valence-corrected chi connectivity index (χ0v) is 15.5. The Kier molecular flexibility index (Phi) is 3.61. The van der Waals surface area contributed by atoms with Crippen LogP contribution < -0.4 is 0 Å². The predicted octanol–water partition coefficient (Wildman–Crippen LogP) is 6.61. The molecule has 0 spiro atoms. The third kappa shape index (κ3) is 2.44. The Labute approximate surface area is 159 Å². The molecule has 124 valence electrons. The summed E-state index contributed by atoms with van der Waals surface area (Å²) in [5.74, 6) is 0. The molecule has 0 radical (unpaired) electrons. The van der Waals surface area contributed by atoms with E-state index in [9.17, 15) is 0 Å². The van der Waals surface area contributed by atoms with Crippen LogP contribution in [0.5, 0.6) is 0 Å². The Morgan fingerprint density at radius 1 is 0.808 bits per heavy atom. The molecule has 2 nitrogen and oxygen atoms in total. The van der Waals surface area contributed by atoms with E-state index in [1.807, 2.05) is 24.5 Å². The van der Waals surface area contributed by atoms with Gasteiger partial charge in [-0.2, -0.15) is 0 Å². The summed E-state index contributed by atoms with van der Waals surface area (Å²) < 4.78 is 3.33. The van der Waals surface area contributed by atoms with E-state index in [4.69, 9.17) is 0 Å². The van der Waals surface area contributed by atoms with Crippen molar-refractivity contribution in [2.45, 2.75) is 0 Å². The van der Waals surface area contributed by atoms with Gasteiger partial charge in [0, 0.05) is 39.7 Å². The first-order chi connectivity index (χ1) is 12.8. The van der Waals surface area contributed by atoms with Gasteiger partial charge in [-0.25, -0.2) is 0 Å². The number of pyridine rings is 1. The van der Waals surface area contributed by atoms with Crippen LogP contribution in [0.2, 0.25) is 0 Å². The molecule has 0 atom stereocenters. The number of rotatable bonds is 2. The summed E-state index contributed by atoms with van der Waals surface area (Å²) in [6.07, 6.45) is 5.90. The van der Waals surface area contributed by atoms with Crippen LogP contribution in [0.1, 0.15) is 0 Å². The zero-order chi connectivity index (χ0) is 17.5. The van der Waals surface area contributed by atoms with Crippen molar-refractivity contribution in [2.75, 3.05) is 0 Å². The molecule has 0 bridgehead atoms. The average Bonchev–Trinajstić information content (AvgIpc) is 3.09. The Morgan fingerprint density at radius 2 is 1.65 bits per heavy atom. The number of nitrogens with zero attached hydrogens (tertiary/aromatic N) is 2. The zero-order valence-electron chi connectivity index (χ0n) is 13.9. The minimum atomic E-state index is 1.08. The SMILES string of the molecule is Brc1cccc(-c2cn(-c3ccncc3)c3ccc4ccccc4c23)c1. The predicted molar refractivity (Wildman–Crippen MR) is 112 cm³/mol. The van der Waals surface area contributed by atoms with Crippen LogP contribution in [0.4, 0.5) is 0 Å². The fourth-order valence-corrected chi connectivity index (χ4v) is 4.00. The fraction of sp³-hybridized carbons (Fsp3) is 0. The second-order valence-electron chi connectivity index (χ2n) is 6.31. The first kappa shape index (κ1) is 15.4. The molecule has 0 saturated heterocycles. The van der Waals surface area contributed by atoms with E-state index in [0.29, 0.717) is 0 Å². The van der Waals surface area contributed by atoms with Crippen LogP contribution in [0.15, 0.2) is 95.9 Å². The van der Waals surface area contributed by atoms with Crippen LogP contribution in [0.25, 0.3) is 38.5 Å². The van der Waals surface area contributed by atoms with Crippen molar-refractivity contribution in [3.8, 4) is 16.8 Å². The van der Waals surface area contributed by atoms with E-state index in [0.717, 1.165) is 10.2 Å². The van der Waals surface area contributed by atoms with Gasteiger partial charge in [0.2, 0.25) is 0 Å². The molecule has 0 aliphatic carbocycles. The number of fused-ring (bicyclic) bond motifs is 3. The molecule has 0 aliphatic heterocycles. The van der Waals surface area contributed by atoms with E-state index < -0.39 is 0 Å². The van der Waals surface area contributed by atoms with Crippen molar-refractivity contribution in [1.82, 2.24) is 9.55 Å². The maximum Gasteiger partial charge on any atom is 0.0541 e. The molecule has 2 aromatic heterocycles. The maximum absolute atomic E-state index is 4.16. The summed E-state index contributed by atoms with van der Waals surface area (Å²) >= 11 is 3.61. The lowest BCUT2D eigenvalue weighted by atomic mass is 9.99. The standard InChI is InChI=1S/C23H15BrN2/c24-18-6-3-5-17(14-18)21-15-26(19-10-12-25-13-11-19)22-9-8-16-4-1-2-7-20(16)23(21)22/h1-15H. The Morgan fingerprint density at radius 3 is 2.50 bits per heavy atom. The summed E-state index contributed by atoms with van der Waals surface area (Å²) in [6, 6.07) is 25.5. The van der Waals surface area contributed by atoms with Crippen molar-refractivity contribution in [3.05, 3.63) is 95.9 Å². The number of aromatic nitrogens is 2. The Hall–Kier alpha value is -2.91. The van der Waals surface area contributed by atoms with E-state index in [1.54, 1.807) is 0 Å². The van der Waals surface area contributed by atoms with Gasteiger partial charge in [0.1, 0.15) is 0 Å². The van der Waals surface area contributed by atoms with Crippen LogP contribution >= 0.6 is 15.9 Å². The average molecular weight is 399 g/mol. The van der Waals surface area contributed by atoms with Crippen LogP contribution in [-0.4, -0.2) is 9.55 Å². The van der Waals surface area contributed by atoms with E-state index in [1.165, 1.54) is 32.8 Å². The molecule has 0 N–H and O–H groups in total. The molecule has 0 unspecified atom stereocenters.